The molecule has 0 bridgehead atoms. The highest BCUT2D eigenvalue weighted by molar-refractivity contribution is 6.00. The van der Waals surface area contributed by atoms with E-state index in [9.17, 15) is 4.79 Å². The minimum Gasteiger partial charge on any atom is -0.330 e. The Morgan fingerprint density at radius 3 is 2.32 bits per heavy atom. The molecule has 0 unspecified atom stereocenters. The Morgan fingerprint density at radius 1 is 1.16 bits per heavy atom. The van der Waals surface area contributed by atoms with Crippen LogP contribution in [0.1, 0.15) is 41.5 Å². The Bertz CT molecular complexity index is 496. The van der Waals surface area contributed by atoms with Gasteiger partial charge in [0.2, 0.25) is 0 Å². The van der Waals surface area contributed by atoms with Gasteiger partial charge in [-0.05, 0) is 43.4 Å². The number of rotatable bonds is 0. The summed E-state index contributed by atoms with van der Waals surface area (Å²) in [6, 6.07) is 0. The molecule has 0 aliphatic carbocycles. The summed E-state index contributed by atoms with van der Waals surface area (Å²) in [6.07, 6.45) is 3.94. The van der Waals surface area contributed by atoms with Gasteiger partial charge in [-0.1, -0.05) is 20.8 Å². The molecule has 0 aromatic heterocycles. The fraction of sp³-hybridized carbons (Fsp3) is 0.625. The third-order valence-corrected chi connectivity index (χ3v) is 3.66. The van der Waals surface area contributed by atoms with Gasteiger partial charge < -0.3 is 4.90 Å². The maximum atomic E-state index is 12.9. The Labute approximate surface area is 116 Å². The smallest absolute Gasteiger partial charge is 0.251 e. The standard InChI is InChI=1S/C16H24N2O/c1-15(2,3)13-7-11-8-17-9-12(11)10-18(14(13)19)16(4,5)6/h7-8H,9-10H2,1-6H3. The summed E-state index contributed by atoms with van der Waals surface area (Å²) in [5.74, 6) is 0.155. The van der Waals surface area contributed by atoms with Crippen LogP contribution >= 0.6 is 0 Å². The number of carbonyl (C=O) groups excluding carboxylic acids is 1. The molecule has 0 saturated heterocycles. The topological polar surface area (TPSA) is 32.7 Å². The molecule has 1 amide bonds. The molecule has 2 heterocycles. The highest BCUT2D eigenvalue weighted by atomic mass is 16.2. The first-order valence-corrected chi connectivity index (χ1v) is 6.87. The number of nitrogens with zero attached hydrogens (tertiary/aromatic N) is 2. The van der Waals surface area contributed by atoms with Crippen LogP contribution in [0.2, 0.25) is 0 Å². The first-order chi connectivity index (χ1) is 8.60. The van der Waals surface area contributed by atoms with Crippen molar-refractivity contribution in [3.05, 3.63) is 22.8 Å². The molecule has 104 valence electrons. The predicted octanol–water partition coefficient (Wildman–Crippen LogP) is 2.98. The van der Waals surface area contributed by atoms with E-state index in [2.05, 4.69) is 46.5 Å². The lowest BCUT2D eigenvalue weighted by atomic mass is 9.84. The number of carbonyl (C=O) groups is 1. The van der Waals surface area contributed by atoms with Crippen LogP contribution in [0.3, 0.4) is 0 Å². The second-order valence-corrected chi connectivity index (χ2v) is 7.40. The third-order valence-electron chi connectivity index (χ3n) is 3.66. The van der Waals surface area contributed by atoms with Gasteiger partial charge in [0.05, 0.1) is 6.54 Å². The zero-order valence-electron chi connectivity index (χ0n) is 12.9. The average molecular weight is 260 g/mol. The van der Waals surface area contributed by atoms with E-state index < -0.39 is 0 Å². The van der Waals surface area contributed by atoms with Gasteiger partial charge in [0.1, 0.15) is 0 Å². The van der Waals surface area contributed by atoms with E-state index in [1.807, 2.05) is 17.2 Å². The van der Waals surface area contributed by atoms with Gasteiger partial charge in [0.15, 0.2) is 0 Å². The van der Waals surface area contributed by atoms with Crippen molar-refractivity contribution in [3.8, 4) is 0 Å². The van der Waals surface area contributed by atoms with Crippen LogP contribution in [0.25, 0.3) is 0 Å². The molecule has 0 fully saturated rings. The summed E-state index contributed by atoms with van der Waals surface area (Å²) in [4.78, 5) is 19.2. The van der Waals surface area contributed by atoms with Gasteiger partial charge >= 0.3 is 0 Å². The molecular weight excluding hydrogens is 236 g/mol. The lowest BCUT2D eigenvalue weighted by Gasteiger charge is -2.38. The van der Waals surface area contributed by atoms with Crippen molar-refractivity contribution in [3.63, 3.8) is 0 Å². The zero-order chi connectivity index (χ0) is 14.4. The molecular formula is C16H24N2O. The molecule has 19 heavy (non-hydrogen) atoms. The van der Waals surface area contributed by atoms with Gasteiger partial charge in [-0.15, -0.1) is 0 Å². The van der Waals surface area contributed by atoms with Crippen LogP contribution in [0, 0.1) is 5.41 Å². The SMILES string of the molecule is CC(C)(C)C1=CC2=C(CN=C2)CN(C(C)(C)C)C1=O. The van der Waals surface area contributed by atoms with Gasteiger partial charge in [0, 0.05) is 23.9 Å². The lowest BCUT2D eigenvalue weighted by Crippen LogP contribution is -2.48. The van der Waals surface area contributed by atoms with Crippen molar-refractivity contribution in [1.29, 1.82) is 0 Å². The summed E-state index contributed by atoms with van der Waals surface area (Å²) in [6.45, 7) is 14.0. The molecule has 3 heteroatoms. The summed E-state index contributed by atoms with van der Waals surface area (Å²) in [7, 11) is 0. The van der Waals surface area contributed by atoms with Crippen LogP contribution in [0.15, 0.2) is 27.8 Å². The Balaban J connectivity index is 2.52. The van der Waals surface area contributed by atoms with Crippen molar-refractivity contribution in [2.75, 3.05) is 13.1 Å². The number of hydrogen-bond acceptors (Lipinski definition) is 2. The van der Waals surface area contributed by atoms with Gasteiger partial charge in [-0.2, -0.15) is 0 Å². The van der Waals surface area contributed by atoms with Crippen LogP contribution in [-0.4, -0.2) is 35.7 Å². The van der Waals surface area contributed by atoms with Gasteiger partial charge in [-0.25, -0.2) is 0 Å². The third kappa shape index (κ3) is 2.65. The van der Waals surface area contributed by atoms with Crippen molar-refractivity contribution in [2.24, 2.45) is 10.4 Å². The molecule has 0 aromatic carbocycles. The van der Waals surface area contributed by atoms with Crippen molar-refractivity contribution in [2.45, 2.75) is 47.1 Å². The summed E-state index contributed by atoms with van der Waals surface area (Å²) in [5.41, 5.74) is 2.93. The summed E-state index contributed by atoms with van der Waals surface area (Å²) in [5, 5.41) is 0. The second kappa shape index (κ2) is 4.32. The first kappa shape index (κ1) is 14.0. The van der Waals surface area contributed by atoms with E-state index in [0.717, 1.165) is 17.7 Å². The monoisotopic (exact) mass is 260 g/mol. The highest BCUT2D eigenvalue weighted by Crippen LogP contribution is 2.34. The van der Waals surface area contributed by atoms with E-state index >= 15 is 0 Å². The normalized spacial score (nSPS) is 20.6. The minimum atomic E-state index is -0.174. The molecule has 0 spiro atoms. The van der Waals surface area contributed by atoms with Crippen LogP contribution in [-0.2, 0) is 4.79 Å². The van der Waals surface area contributed by atoms with E-state index in [1.54, 1.807) is 0 Å². The number of aliphatic imine (C=N–C) groups is 1. The maximum Gasteiger partial charge on any atom is 0.251 e. The quantitative estimate of drug-likeness (QED) is 0.659. The van der Waals surface area contributed by atoms with E-state index in [0.29, 0.717) is 6.54 Å². The molecule has 0 N–H and O–H groups in total. The van der Waals surface area contributed by atoms with Crippen LogP contribution < -0.4 is 0 Å². The van der Waals surface area contributed by atoms with Crippen molar-refractivity contribution < 1.29 is 4.79 Å². The maximum absolute atomic E-state index is 12.9. The molecule has 2 rings (SSSR count). The summed E-state index contributed by atoms with van der Waals surface area (Å²) >= 11 is 0. The van der Waals surface area contributed by atoms with E-state index in [-0.39, 0.29) is 16.9 Å². The Hall–Kier alpha value is -1.38. The number of hydrogen-bond donors (Lipinski definition) is 0. The molecule has 3 nitrogen and oxygen atoms in total. The predicted molar refractivity (Wildman–Crippen MR) is 79.4 cm³/mol. The fourth-order valence-electron chi connectivity index (χ4n) is 2.42. The fourth-order valence-corrected chi connectivity index (χ4v) is 2.42. The van der Waals surface area contributed by atoms with Crippen LogP contribution in [0.4, 0.5) is 0 Å². The van der Waals surface area contributed by atoms with Gasteiger partial charge in [0.25, 0.3) is 5.91 Å². The molecule has 0 aromatic rings. The molecule has 0 saturated carbocycles. The van der Waals surface area contributed by atoms with Crippen LogP contribution in [0.5, 0.6) is 0 Å². The molecule has 0 radical (unpaired) electrons. The zero-order valence-corrected chi connectivity index (χ0v) is 12.9. The Kier molecular flexibility index (Phi) is 3.20. The van der Waals surface area contributed by atoms with Gasteiger partial charge in [-0.3, -0.25) is 9.79 Å². The minimum absolute atomic E-state index is 0.153. The molecule has 0 atom stereocenters. The Morgan fingerprint density at radius 2 is 1.79 bits per heavy atom. The largest absolute Gasteiger partial charge is 0.330 e. The second-order valence-electron chi connectivity index (χ2n) is 7.40. The summed E-state index contributed by atoms with van der Waals surface area (Å²) < 4.78 is 0. The average Bonchev–Trinajstić information content (AvgIpc) is 2.60. The highest BCUT2D eigenvalue weighted by Gasteiger charge is 2.36. The number of allylic oxidation sites excluding steroid dienone is 2. The van der Waals surface area contributed by atoms with Crippen molar-refractivity contribution in [1.82, 2.24) is 4.90 Å². The van der Waals surface area contributed by atoms with Crippen molar-refractivity contribution >= 4 is 12.1 Å². The van der Waals surface area contributed by atoms with E-state index in [4.69, 9.17) is 0 Å². The molecule has 2 aliphatic heterocycles. The molecule has 2 aliphatic rings. The number of amides is 1. The lowest BCUT2D eigenvalue weighted by molar-refractivity contribution is -0.132. The first-order valence-electron chi connectivity index (χ1n) is 6.87. The van der Waals surface area contributed by atoms with E-state index in [1.165, 1.54) is 5.57 Å².